The number of fused-ring (bicyclic) bond motifs is 19. The van der Waals surface area contributed by atoms with Gasteiger partial charge in [0.15, 0.2) is 0 Å². The van der Waals surface area contributed by atoms with E-state index in [-0.39, 0.29) is 27.8 Å². The van der Waals surface area contributed by atoms with E-state index in [0.29, 0.717) is 137 Å². The highest BCUT2D eigenvalue weighted by Gasteiger charge is 2.68. The summed E-state index contributed by atoms with van der Waals surface area (Å²) >= 11 is 0. The Morgan fingerprint density at radius 2 is 0.631 bits per heavy atom. The zero-order chi connectivity index (χ0) is 96.9. The van der Waals surface area contributed by atoms with Crippen LogP contribution in [0.1, 0.15) is 181 Å². The highest BCUT2D eigenvalue weighted by molar-refractivity contribution is 5.32. The van der Waals surface area contributed by atoms with Gasteiger partial charge >= 0.3 is 0 Å². The van der Waals surface area contributed by atoms with E-state index in [1.54, 1.807) is 38.5 Å². The van der Waals surface area contributed by atoms with Crippen molar-refractivity contribution in [1.82, 2.24) is 0 Å². The van der Waals surface area contributed by atoms with Gasteiger partial charge in [-0.1, -0.05) is 103 Å². The lowest BCUT2D eigenvalue weighted by atomic mass is 9.79. The third-order valence-corrected chi connectivity index (χ3v) is 34.6. The van der Waals surface area contributed by atoms with E-state index < -0.39 is 0 Å². The molecule has 0 aromatic heterocycles. The standard InChI is InChI=1S/2C16H22O4.C16H24O3.2C15H20O4.C15H22O3.C10H16.C7H14O2.C5H10O2/c1-2-16(11-18-12-16)10-17-7-13-4-3-5-14(6-13)19-8-15-9-20-15;1-2-16(10-18-11-16)12-20-14-5-3-4-13(6-14)7-17-8-15-9-19-15;1-2-16(6-17-7-16)8-18-12-4-9-3-11(12)14-10(9)5-13-15(14)19-13;1-15(10-17-11-15)9-16-6-12-3-2-4-13(5-12)18-7-14-8-19-14;1-15(9-17-10-15)11-19-13-4-2-3-12(5-13)6-16-7-14-8-18-14;1-15(5-16-6-15)7-17-11-3-8-2-10(11)13-9(8)4-12-14(13)18-12;1-2-9-7-4-5-8(6-7)10(9)3-1;1-3-8-4-7(2)5-9-6-7;1-2-6-3-5-4-7-5/h2*3-6,15H,2,7-12H2,1H3;9-15H,2-8H2,1H3;2*2-5,14H,6-11H2,1H3;8-14H,2-7H2,1H3;7-10H,1-6H2;3-6H2,1-2H3;5H,2-4H2,1H3. The quantitative estimate of drug-likeness (QED) is 0.0373. The molecule has 0 amide bonds. The molecule has 4 aromatic carbocycles. The second-order valence-electron chi connectivity index (χ2n) is 47.4. The molecule has 14 saturated heterocycles. The van der Waals surface area contributed by atoms with Crippen LogP contribution in [0.3, 0.4) is 0 Å². The van der Waals surface area contributed by atoms with E-state index in [1.807, 2.05) is 80.6 Å². The Labute approximate surface area is 840 Å². The Kier molecular flexibility index (Phi) is 36.0. The fourth-order valence-corrected chi connectivity index (χ4v) is 24.6. The van der Waals surface area contributed by atoms with E-state index >= 15 is 0 Å². The number of hydrogen-bond donors (Lipinski definition) is 0. The van der Waals surface area contributed by atoms with Gasteiger partial charge in [-0.2, -0.15) is 0 Å². The predicted molar refractivity (Wildman–Crippen MR) is 528 cm³/mol. The Hall–Kier alpha value is -4.80. The van der Waals surface area contributed by atoms with Crippen LogP contribution < -0.4 is 18.9 Å². The molecule has 9 aliphatic carbocycles. The van der Waals surface area contributed by atoms with Gasteiger partial charge in [0.1, 0.15) is 66.7 Å². The van der Waals surface area contributed by atoms with Gasteiger partial charge in [0, 0.05) is 45.7 Å². The number of ether oxygens (including phenoxy) is 26. The van der Waals surface area contributed by atoms with Crippen molar-refractivity contribution < 1.29 is 123 Å². The van der Waals surface area contributed by atoms with E-state index in [4.69, 9.17) is 123 Å². The zero-order valence-electron chi connectivity index (χ0n) is 86.4. The summed E-state index contributed by atoms with van der Waals surface area (Å²) < 4.78 is 143. The van der Waals surface area contributed by atoms with Gasteiger partial charge in [-0.3, -0.25) is 0 Å². The monoisotopic (exact) mass is 1970 g/mol. The van der Waals surface area contributed by atoms with Crippen LogP contribution in [-0.2, 0) is 131 Å². The summed E-state index contributed by atoms with van der Waals surface area (Å²) in [4.78, 5) is 0. The van der Waals surface area contributed by atoms with Crippen molar-refractivity contribution in [3.05, 3.63) is 119 Å². The van der Waals surface area contributed by atoms with Gasteiger partial charge in [0.2, 0.25) is 0 Å². The molecular formula is C115H170O26. The molecule has 4 aromatic rings. The summed E-state index contributed by atoms with van der Waals surface area (Å²) in [7, 11) is 0. The molecule has 6 bridgehead atoms. The first-order valence-corrected chi connectivity index (χ1v) is 54.7. The van der Waals surface area contributed by atoms with Crippen LogP contribution in [-0.4, -0.2) is 285 Å². The van der Waals surface area contributed by atoms with Gasteiger partial charge < -0.3 is 123 Å². The van der Waals surface area contributed by atoms with Crippen molar-refractivity contribution in [3.8, 4) is 23.0 Å². The summed E-state index contributed by atoms with van der Waals surface area (Å²) in [5, 5.41) is 0. The third kappa shape index (κ3) is 29.1. The minimum absolute atomic E-state index is 0.176. The molecule has 9 saturated carbocycles. The molecule has 14 heterocycles. The van der Waals surface area contributed by atoms with Crippen LogP contribution in [0.2, 0.25) is 0 Å². The van der Waals surface area contributed by atoms with E-state index in [2.05, 4.69) is 78.8 Å². The highest BCUT2D eigenvalue weighted by Crippen LogP contribution is 2.67. The summed E-state index contributed by atoms with van der Waals surface area (Å²) in [6.07, 6.45) is 26.3. The summed E-state index contributed by atoms with van der Waals surface area (Å²) in [5.41, 5.74) is 6.37. The first kappa shape index (κ1) is 105. The second kappa shape index (κ2) is 48.4. The fraction of sp³-hybridized carbons (Fsp3) is 0.791. The molecule has 14 aliphatic heterocycles. The van der Waals surface area contributed by atoms with Crippen molar-refractivity contribution in [1.29, 1.82) is 0 Å². The molecule has 27 rings (SSSR count). The molecule has 26 nitrogen and oxygen atoms in total. The Bertz CT molecular complexity index is 4410. The van der Waals surface area contributed by atoms with Gasteiger partial charge in [0.05, 0.1) is 260 Å². The van der Waals surface area contributed by atoms with Crippen molar-refractivity contribution in [2.45, 2.75) is 252 Å². The molecule has 23 fully saturated rings. The van der Waals surface area contributed by atoms with Crippen LogP contribution >= 0.6 is 0 Å². The van der Waals surface area contributed by atoms with E-state index in [1.165, 1.54) is 68.6 Å². The number of hydrogen-bond acceptors (Lipinski definition) is 26. The molecule has 23 unspecified atom stereocenters. The Balaban J connectivity index is 0.000000102. The van der Waals surface area contributed by atoms with Crippen molar-refractivity contribution in [3.63, 3.8) is 0 Å². The number of rotatable bonds is 43. The molecule has 26 heteroatoms. The van der Waals surface area contributed by atoms with E-state index in [0.717, 1.165) is 290 Å². The predicted octanol–water partition coefficient (Wildman–Crippen LogP) is 17.3. The van der Waals surface area contributed by atoms with Gasteiger partial charge in [-0.05, 0) is 246 Å². The van der Waals surface area contributed by atoms with E-state index in [9.17, 15) is 0 Å². The molecular weight excluding hydrogens is 1800 g/mol. The van der Waals surface area contributed by atoms with Gasteiger partial charge in [-0.15, -0.1) is 0 Å². The lowest BCUT2D eigenvalue weighted by Crippen LogP contribution is -2.47. The van der Waals surface area contributed by atoms with Crippen LogP contribution in [0.15, 0.2) is 97.1 Å². The lowest BCUT2D eigenvalue weighted by molar-refractivity contribution is -0.168. The minimum atomic E-state index is 0.176. The van der Waals surface area contributed by atoms with Crippen molar-refractivity contribution >= 4 is 0 Å². The SMILES string of the molecule is C1CC2C3CCC(C3)C2C1.CC1(COC2CC3CC2C2C3CC3OC32)COC1.CC1(COCc2cccc(OCC3CO3)c2)COC1.CC1(COc2cccc(COCC3CO3)c2)COC1.CCC1(COC2CC3CC2C2C3CC3OC32)COC1.CCC1(COCc2cccc(OCC3CO3)c2)COC1.CCC1(COc2cccc(COCC3CO3)c2)COC1.CCOCC1(C)COC1.CCOCC1CO1. The normalized spacial score (nSPS) is 34.9. The Morgan fingerprint density at radius 3 is 1.01 bits per heavy atom. The smallest absolute Gasteiger partial charge is 0.119 e. The first-order chi connectivity index (χ1) is 68.7. The highest BCUT2D eigenvalue weighted by atomic mass is 16.6. The average Bonchev–Trinajstić information content (AvgIpc) is 1.54. The third-order valence-electron chi connectivity index (χ3n) is 34.6. The minimum Gasteiger partial charge on any atom is -0.493 e. The van der Waals surface area contributed by atoms with Gasteiger partial charge in [-0.25, -0.2) is 0 Å². The molecule has 23 aliphatic rings. The summed E-state index contributed by atoms with van der Waals surface area (Å²) in [6, 6.07) is 32.3. The number of benzene rings is 4. The van der Waals surface area contributed by atoms with Crippen LogP contribution in [0.5, 0.6) is 23.0 Å². The molecule has 0 N–H and O–H groups in total. The van der Waals surface area contributed by atoms with Crippen LogP contribution in [0, 0.1) is 109 Å². The second-order valence-corrected chi connectivity index (χ2v) is 47.4. The van der Waals surface area contributed by atoms with Gasteiger partial charge in [0.25, 0.3) is 0 Å². The van der Waals surface area contributed by atoms with Crippen LogP contribution in [0.25, 0.3) is 0 Å². The average molecular weight is 1970 g/mol. The molecule has 786 valence electrons. The summed E-state index contributed by atoms with van der Waals surface area (Å²) in [5.74, 6) is 15.6. The molecule has 141 heavy (non-hydrogen) atoms. The largest absolute Gasteiger partial charge is 0.493 e. The Morgan fingerprint density at radius 1 is 0.291 bits per heavy atom. The zero-order valence-corrected chi connectivity index (χ0v) is 86.4. The fourth-order valence-electron chi connectivity index (χ4n) is 24.6. The topological polar surface area (TPSA) is 263 Å². The molecule has 0 spiro atoms. The van der Waals surface area contributed by atoms with Crippen molar-refractivity contribution in [2.24, 2.45) is 109 Å². The molecule has 0 radical (unpaired) electrons. The maximum atomic E-state index is 6.37. The van der Waals surface area contributed by atoms with Crippen molar-refractivity contribution in [2.75, 3.05) is 218 Å². The lowest BCUT2D eigenvalue weighted by Gasteiger charge is -2.42. The molecule has 23 atom stereocenters. The summed E-state index contributed by atoms with van der Waals surface area (Å²) in [6.45, 7) is 48.6. The number of epoxide rings is 7. The first-order valence-electron chi connectivity index (χ1n) is 54.7. The maximum absolute atomic E-state index is 6.37. The van der Waals surface area contributed by atoms with Crippen LogP contribution in [0.4, 0.5) is 0 Å². The maximum Gasteiger partial charge on any atom is 0.119 e.